The highest BCUT2D eigenvalue weighted by molar-refractivity contribution is 5.96. The number of hydrogen-bond acceptors (Lipinski definition) is 1. The first-order valence-electron chi connectivity index (χ1n) is 5.67. The molecule has 0 saturated carbocycles. The smallest absolute Gasteiger partial charge is 0.159 e. The lowest BCUT2D eigenvalue weighted by Crippen LogP contribution is -2.42. The first-order valence-corrected chi connectivity index (χ1v) is 5.67. The van der Waals surface area contributed by atoms with Crippen LogP contribution in [0, 0.1) is 17.0 Å². The Hall–Kier alpha value is -1.45. The molecular formula is C13H18F2N2. The number of amidine groups is 1. The van der Waals surface area contributed by atoms with Gasteiger partial charge in [-0.05, 0) is 45.9 Å². The Bertz CT molecular complexity index is 406. The molecule has 17 heavy (non-hydrogen) atoms. The number of halogens is 2. The molecule has 1 rings (SSSR count). The van der Waals surface area contributed by atoms with Crippen LogP contribution in [0.15, 0.2) is 18.2 Å². The van der Waals surface area contributed by atoms with E-state index in [1.807, 2.05) is 32.6 Å². The molecule has 1 N–H and O–H groups in total. The van der Waals surface area contributed by atoms with Gasteiger partial charge in [0.25, 0.3) is 0 Å². The molecule has 4 heteroatoms. The molecule has 0 spiro atoms. The minimum Gasteiger partial charge on any atom is -0.352 e. The van der Waals surface area contributed by atoms with Gasteiger partial charge in [-0.2, -0.15) is 0 Å². The topological polar surface area (TPSA) is 27.1 Å². The van der Waals surface area contributed by atoms with E-state index < -0.39 is 11.6 Å². The molecular weight excluding hydrogens is 222 g/mol. The van der Waals surface area contributed by atoms with Crippen molar-refractivity contribution in [2.45, 2.75) is 39.8 Å². The second kappa shape index (κ2) is 5.25. The van der Waals surface area contributed by atoms with Crippen LogP contribution >= 0.6 is 0 Å². The van der Waals surface area contributed by atoms with E-state index in [0.29, 0.717) is 5.56 Å². The summed E-state index contributed by atoms with van der Waals surface area (Å²) in [5.41, 5.74) is 0.395. The van der Waals surface area contributed by atoms with Gasteiger partial charge in [-0.3, -0.25) is 5.41 Å². The molecule has 1 aromatic rings. The maximum absolute atomic E-state index is 13.1. The van der Waals surface area contributed by atoms with Crippen molar-refractivity contribution in [3.8, 4) is 0 Å². The SMILES string of the molecule is CC(C)N(C(=N)c1ccc(F)c(F)c1)C(C)C. The van der Waals surface area contributed by atoms with Gasteiger partial charge in [0, 0.05) is 17.6 Å². The van der Waals surface area contributed by atoms with Crippen molar-refractivity contribution in [2.24, 2.45) is 0 Å². The van der Waals surface area contributed by atoms with Gasteiger partial charge in [0.15, 0.2) is 11.6 Å². The Balaban J connectivity index is 3.06. The summed E-state index contributed by atoms with van der Waals surface area (Å²) in [7, 11) is 0. The summed E-state index contributed by atoms with van der Waals surface area (Å²) in [6.07, 6.45) is 0. The summed E-state index contributed by atoms with van der Waals surface area (Å²) in [5.74, 6) is -1.59. The van der Waals surface area contributed by atoms with Crippen LogP contribution in [0.3, 0.4) is 0 Å². The van der Waals surface area contributed by atoms with E-state index >= 15 is 0 Å². The Labute approximate surface area is 101 Å². The van der Waals surface area contributed by atoms with Gasteiger partial charge in [0.05, 0.1) is 0 Å². The van der Waals surface area contributed by atoms with Crippen LogP contribution in [0.2, 0.25) is 0 Å². The van der Waals surface area contributed by atoms with Gasteiger partial charge >= 0.3 is 0 Å². The molecule has 94 valence electrons. The molecule has 0 aliphatic heterocycles. The van der Waals surface area contributed by atoms with Gasteiger partial charge < -0.3 is 4.90 Å². The second-order valence-corrected chi connectivity index (χ2v) is 4.57. The highest BCUT2D eigenvalue weighted by Gasteiger charge is 2.19. The van der Waals surface area contributed by atoms with Gasteiger partial charge in [-0.25, -0.2) is 8.78 Å². The highest BCUT2D eigenvalue weighted by atomic mass is 19.2. The van der Waals surface area contributed by atoms with Crippen molar-refractivity contribution in [3.63, 3.8) is 0 Å². The van der Waals surface area contributed by atoms with E-state index in [9.17, 15) is 8.78 Å². The lowest BCUT2D eigenvalue weighted by Gasteiger charge is -2.33. The van der Waals surface area contributed by atoms with E-state index in [2.05, 4.69) is 0 Å². The fourth-order valence-corrected chi connectivity index (χ4v) is 1.91. The van der Waals surface area contributed by atoms with Crippen molar-refractivity contribution in [1.82, 2.24) is 4.90 Å². The quantitative estimate of drug-likeness (QED) is 0.636. The van der Waals surface area contributed by atoms with E-state index in [1.165, 1.54) is 6.07 Å². The third-order valence-corrected chi connectivity index (χ3v) is 2.56. The number of rotatable bonds is 3. The molecule has 0 atom stereocenters. The molecule has 1 aromatic carbocycles. The molecule has 0 unspecified atom stereocenters. The Morgan fingerprint density at radius 3 is 2.00 bits per heavy atom. The molecule has 0 aliphatic carbocycles. The van der Waals surface area contributed by atoms with Crippen LogP contribution in [-0.4, -0.2) is 22.8 Å². The van der Waals surface area contributed by atoms with Crippen LogP contribution in [0.5, 0.6) is 0 Å². The van der Waals surface area contributed by atoms with Crippen LogP contribution in [-0.2, 0) is 0 Å². The first kappa shape index (κ1) is 13.6. The number of nitrogens with zero attached hydrogens (tertiary/aromatic N) is 1. The van der Waals surface area contributed by atoms with E-state index in [4.69, 9.17) is 5.41 Å². The molecule has 0 amide bonds. The lowest BCUT2D eigenvalue weighted by molar-refractivity contribution is 0.291. The monoisotopic (exact) mass is 240 g/mol. The number of benzene rings is 1. The molecule has 0 bridgehead atoms. The van der Waals surface area contributed by atoms with Gasteiger partial charge in [0.2, 0.25) is 0 Å². The van der Waals surface area contributed by atoms with Gasteiger partial charge in [-0.15, -0.1) is 0 Å². The van der Waals surface area contributed by atoms with Crippen LogP contribution < -0.4 is 0 Å². The first-order chi connectivity index (χ1) is 7.84. The van der Waals surface area contributed by atoms with E-state index in [-0.39, 0.29) is 17.9 Å². The number of nitrogens with one attached hydrogen (secondary N) is 1. The zero-order valence-corrected chi connectivity index (χ0v) is 10.6. The molecule has 0 aliphatic rings. The van der Waals surface area contributed by atoms with Crippen LogP contribution in [0.4, 0.5) is 8.78 Å². The Morgan fingerprint density at radius 2 is 1.59 bits per heavy atom. The second-order valence-electron chi connectivity index (χ2n) is 4.57. The maximum Gasteiger partial charge on any atom is 0.159 e. The predicted molar refractivity (Wildman–Crippen MR) is 65.3 cm³/mol. The third-order valence-electron chi connectivity index (χ3n) is 2.56. The van der Waals surface area contributed by atoms with Crippen molar-refractivity contribution < 1.29 is 8.78 Å². The van der Waals surface area contributed by atoms with E-state index in [1.54, 1.807) is 0 Å². The molecule has 0 saturated heterocycles. The molecule has 0 radical (unpaired) electrons. The van der Waals surface area contributed by atoms with E-state index in [0.717, 1.165) is 12.1 Å². The summed E-state index contributed by atoms with van der Waals surface area (Å²) < 4.78 is 25.9. The Morgan fingerprint density at radius 1 is 1.06 bits per heavy atom. The zero-order chi connectivity index (χ0) is 13.2. The zero-order valence-electron chi connectivity index (χ0n) is 10.6. The Kier molecular flexibility index (Phi) is 4.21. The highest BCUT2D eigenvalue weighted by Crippen LogP contribution is 2.15. The summed E-state index contributed by atoms with van der Waals surface area (Å²) in [5, 5.41) is 8.05. The molecule has 0 fully saturated rings. The average Bonchev–Trinajstić information content (AvgIpc) is 2.20. The standard InChI is InChI=1S/C13H18F2N2/c1-8(2)17(9(3)4)13(16)10-5-6-11(14)12(15)7-10/h5-9,16H,1-4H3. The van der Waals surface area contributed by atoms with Crippen LogP contribution in [0.25, 0.3) is 0 Å². The van der Waals surface area contributed by atoms with Crippen LogP contribution in [0.1, 0.15) is 33.3 Å². The predicted octanol–water partition coefficient (Wildman–Crippen LogP) is 3.41. The van der Waals surface area contributed by atoms with Crippen molar-refractivity contribution in [2.75, 3.05) is 0 Å². The van der Waals surface area contributed by atoms with Crippen molar-refractivity contribution in [3.05, 3.63) is 35.4 Å². The molecule has 0 heterocycles. The van der Waals surface area contributed by atoms with Crippen molar-refractivity contribution in [1.29, 1.82) is 5.41 Å². The summed E-state index contributed by atoms with van der Waals surface area (Å²) in [6, 6.07) is 3.82. The minimum atomic E-state index is -0.917. The molecule has 0 aromatic heterocycles. The lowest BCUT2D eigenvalue weighted by atomic mass is 10.1. The summed E-state index contributed by atoms with van der Waals surface area (Å²) in [6.45, 7) is 7.87. The number of hydrogen-bond donors (Lipinski definition) is 1. The third kappa shape index (κ3) is 3.02. The minimum absolute atomic E-state index is 0.135. The largest absolute Gasteiger partial charge is 0.352 e. The normalized spacial score (nSPS) is 11.1. The average molecular weight is 240 g/mol. The fraction of sp³-hybridized carbons (Fsp3) is 0.462. The van der Waals surface area contributed by atoms with Crippen molar-refractivity contribution >= 4 is 5.84 Å². The van der Waals surface area contributed by atoms with Gasteiger partial charge in [0.1, 0.15) is 5.84 Å². The van der Waals surface area contributed by atoms with Gasteiger partial charge in [-0.1, -0.05) is 0 Å². The summed E-state index contributed by atoms with van der Waals surface area (Å²) in [4.78, 5) is 1.85. The fourth-order valence-electron chi connectivity index (χ4n) is 1.91. The maximum atomic E-state index is 13.1. The summed E-state index contributed by atoms with van der Waals surface area (Å²) >= 11 is 0. The molecule has 2 nitrogen and oxygen atoms in total.